The number of aryl methyl sites for hydroxylation is 1. The topological polar surface area (TPSA) is 187 Å². The van der Waals surface area contributed by atoms with E-state index in [1.165, 1.54) is 4.31 Å². The van der Waals surface area contributed by atoms with Crippen molar-refractivity contribution in [2.75, 3.05) is 20.2 Å². The molecule has 1 aromatic heterocycles. The first-order valence-corrected chi connectivity index (χ1v) is 19.6. The summed E-state index contributed by atoms with van der Waals surface area (Å²) in [6, 6.07) is 15.1. The first-order chi connectivity index (χ1) is 24.9. The second kappa shape index (κ2) is 17.7. The van der Waals surface area contributed by atoms with Crippen LogP contribution in [-0.2, 0) is 31.8 Å². The highest BCUT2D eigenvalue weighted by atomic mass is 32.2. The number of carbonyl (C=O) groups is 1. The van der Waals surface area contributed by atoms with Crippen molar-refractivity contribution in [1.29, 1.82) is 0 Å². The Morgan fingerprint density at radius 2 is 1.69 bits per heavy atom. The molecule has 0 unspecified atom stereocenters. The fourth-order valence-corrected chi connectivity index (χ4v) is 7.50. The van der Waals surface area contributed by atoms with Crippen molar-refractivity contribution in [2.24, 2.45) is 0 Å². The minimum Gasteiger partial charge on any atom is -0.490 e. The summed E-state index contributed by atoms with van der Waals surface area (Å²) in [5, 5.41) is 48.0. The Balaban J connectivity index is 1.12. The van der Waals surface area contributed by atoms with Crippen molar-refractivity contribution in [1.82, 2.24) is 9.29 Å². The summed E-state index contributed by atoms with van der Waals surface area (Å²) in [7, 11) is -2.24. The molecule has 2 aromatic carbocycles. The summed E-state index contributed by atoms with van der Waals surface area (Å²) in [6.45, 7) is 1.67. The van der Waals surface area contributed by atoms with Gasteiger partial charge in [-0.25, -0.2) is 12.7 Å². The third kappa shape index (κ3) is 10.0. The molecule has 13 heteroatoms. The molecule has 3 aromatic rings. The minimum atomic E-state index is -3.78. The van der Waals surface area contributed by atoms with Gasteiger partial charge in [0.25, 0.3) is 0 Å². The molecule has 12 nitrogen and oxygen atoms in total. The number of ketones is 1. The molecular formula is C39H52N2O10S. The second-order valence-electron chi connectivity index (χ2n) is 14.1. The highest BCUT2D eigenvalue weighted by molar-refractivity contribution is 7.89. The van der Waals surface area contributed by atoms with Gasteiger partial charge in [0.1, 0.15) is 29.8 Å². The molecule has 2 fully saturated rings. The van der Waals surface area contributed by atoms with E-state index in [1.54, 1.807) is 31.4 Å². The largest absolute Gasteiger partial charge is 0.490 e. The zero-order valence-corrected chi connectivity index (χ0v) is 30.7. The van der Waals surface area contributed by atoms with Crippen LogP contribution in [0, 0.1) is 6.92 Å². The first kappa shape index (κ1) is 39.9. The van der Waals surface area contributed by atoms with Gasteiger partial charge >= 0.3 is 0 Å². The average Bonchev–Trinajstić information content (AvgIpc) is 4.10. The van der Waals surface area contributed by atoms with E-state index >= 15 is 0 Å². The van der Waals surface area contributed by atoms with Gasteiger partial charge in [0.15, 0.2) is 0 Å². The normalized spacial score (nSPS) is 17.8. The number of aliphatic hydroxyl groups excluding tert-OH is 5. The van der Waals surface area contributed by atoms with Crippen LogP contribution in [-0.4, -0.2) is 99.7 Å². The van der Waals surface area contributed by atoms with E-state index in [1.807, 2.05) is 37.4 Å². The van der Waals surface area contributed by atoms with Crippen LogP contribution in [0.5, 0.6) is 5.75 Å². The summed E-state index contributed by atoms with van der Waals surface area (Å²) in [6.07, 6.45) is 3.02. The highest BCUT2D eigenvalue weighted by Gasteiger charge is 2.48. The van der Waals surface area contributed by atoms with E-state index in [0.717, 1.165) is 59.3 Å². The molecule has 0 bridgehead atoms. The standard InChI is InChI=1S/C39H52N2O10S/c1-26-11-15-30(52(48,49)41(2)21-7-3-4-8-28(43)12-16-34(44)37(46)38(47)35(45)24-42)22-27(26)25-50-39(18-19-39)33-23-40-20-17-31(33)32-9-5-6-10-36(32)51-29-13-14-29/h5-6,9-11,15,17,20,22-23,29,34-35,37-38,42,44-47H,3-4,7-8,12-14,16,18-19,21,24-25H2,1-2H3/t34-,35+,37+,38+/m0/s1. The molecule has 5 N–H and O–H groups in total. The third-order valence-corrected chi connectivity index (χ3v) is 11.9. The molecule has 2 saturated carbocycles. The highest BCUT2D eigenvalue weighted by Crippen LogP contribution is 2.53. The van der Waals surface area contributed by atoms with Crippen molar-refractivity contribution in [2.45, 2.75) is 119 Å². The Morgan fingerprint density at radius 1 is 0.962 bits per heavy atom. The smallest absolute Gasteiger partial charge is 0.242 e. The number of hydrogen-bond acceptors (Lipinski definition) is 11. The molecule has 0 aliphatic heterocycles. The number of aromatic nitrogens is 1. The molecule has 4 atom stereocenters. The van der Waals surface area contributed by atoms with Crippen LogP contribution in [0.15, 0.2) is 65.8 Å². The van der Waals surface area contributed by atoms with Crippen molar-refractivity contribution in [3.63, 3.8) is 0 Å². The summed E-state index contributed by atoms with van der Waals surface area (Å²) < 4.78 is 41.3. The lowest BCUT2D eigenvalue weighted by atomic mass is 9.96. The number of sulfonamides is 1. The number of aliphatic hydroxyl groups is 5. The molecule has 284 valence electrons. The van der Waals surface area contributed by atoms with Crippen LogP contribution in [0.4, 0.5) is 0 Å². The molecule has 52 heavy (non-hydrogen) atoms. The Bertz CT molecular complexity index is 1760. The second-order valence-corrected chi connectivity index (χ2v) is 16.2. The minimum absolute atomic E-state index is 0.0261. The van der Waals surface area contributed by atoms with Gasteiger partial charge in [-0.1, -0.05) is 30.7 Å². The van der Waals surface area contributed by atoms with E-state index in [9.17, 15) is 33.6 Å². The molecule has 5 rings (SSSR count). The predicted octanol–water partition coefficient (Wildman–Crippen LogP) is 3.77. The number of para-hydroxylation sites is 1. The molecule has 0 radical (unpaired) electrons. The van der Waals surface area contributed by atoms with Crippen LogP contribution in [0.3, 0.4) is 0 Å². The monoisotopic (exact) mass is 740 g/mol. The molecule has 2 aliphatic rings. The Kier molecular flexibility index (Phi) is 13.6. The third-order valence-electron chi connectivity index (χ3n) is 10.0. The lowest BCUT2D eigenvalue weighted by Gasteiger charge is -2.25. The van der Waals surface area contributed by atoms with E-state index in [0.29, 0.717) is 19.3 Å². The van der Waals surface area contributed by atoms with Crippen LogP contribution in [0.25, 0.3) is 11.1 Å². The lowest BCUT2D eigenvalue weighted by Crippen LogP contribution is -2.45. The maximum atomic E-state index is 13.5. The fraction of sp³-hybridized carbons (Fsp3) is 0.538. The lowest BCUT2D eigenvalue weighted by molar-refractivity contribution is -0.125. The molecule has 1 heterocycles. The zero-order valence-electron chi connectivity index (χ0n) is 29.9. The summed E-state index contributed by atoms with van der Waals surface area (Å²) in [5.74, 6) is 0.711. The number of Topliss-reactive ketones (excluding diaryl/α,β-unsaturated/α-hetero) is 1. The number of benzene rings is 2. The fourth-order valence-electron chi connectivity index (χ4n) is 6.24. The van der Waals surface area contributed by atoms with Crippen LogP contribution < -0.4 is 4.74 Å². The molecular weight excluding hydrogens is 688 g/mol. The summed E-state index contributed by atoms with van der Waals surface area (Å²) in [5.41, 5.74) is 4.22. The van der Waals surface area contributed by atoms with E-state index in [2.05, 4.69) is 11.1 Å². The van der Waals surface area contributed by atoms with Crippen LogP contribution in [0.1, 0.15) is 80.9 Å². The van der Waals surface area contributed by atoms with Crippen molar-refractivity contribution < 1.29 is 48.2 Å². The van der Waals surface area contributed by atoms with E-state index < -0.39 is 46.6 Å². The zero-order chi connectivity index (χ0) is 37.5. The molecule has 0 saturated heterocycles. The SMILES string of the molecule is Cc1ccc(S(=O)(=O)N(C)CCCCCC(=O)CC[C@H](O)[C@@H](O)[C@H](O)[C@H](O)CO)cc1COC1(c2cnccc2-c2ccccc2OC2CC2)CC1. The van der Waals surface area contributed by atoms with Crippen molar-refractivity contribution in [3.05, 3.63) is 77.6 Å². The Morgan fingerprint density at radius 3 is 2.40 bits per heavy atom. The molecule has 2 aliphatic carbocycles. The average molecular weight is 741 g/mol. The van der Waals surface area contributed by atoms with Gasteiger partial charge in [-0.3, -0.25) is 9.78 Å². The van der Waals surface area contributed by atoms with Gasteiger partial charge < -0.3 is 35.0 Å². The number of pyridine rings is 1. The Labute approximate surface area is 306 Å². The van der Waals surface area contributed by atoms with Gasteiger partial charge in [0, 0.05) is 50.0 Å². The van der Waals surface area contributed by atoms with Crippen LogP contribution >= 0.6 is 0 Å². The predicted molar refractivity (Wildman–Crippen MR) is 194 cm³/mol. The number of hydrogen-bond donors (Lipinski definition) is 5. The summed E-state index contributed by atoms with van der Waals surface area (Å²) in [4.78, 5) is 16.9. The first-order valence-electron chi connectivity index (χ1n) is 18.1. The van der Waals surface area contributed by atoms with Crippen molar-refractivity contribution in [3.8, 4) is 16.9 Å². The number of rotatable bonds is 22. The quantitative estimate of drug-likeness (QED) is 0.0945. The van der Waals surface area contributed by atoms with E-state index in [4.69, 9.17) is 14.6 Å². The maximum Gasteiger partial charge on any atom is 0.242 e. The van der Waals surface area contributed by atoms with Gasteiger partial charge in [-0.05, 0) is 92.8 Å². The maximum absolute atomic E-state index is 13.5. The summed E-state index contributed by atoms with van der Waals surface area (Å²) >= 11 is 0. The Hall–Kier alpha value is -3.27. The van der Waals surface area contributed by atoms with Gasteiger partial charge in [-0.15, -0.1) is 0 Å². The molecule has 0 spiro atoms. The van der Waals surface area contributed by atoms with Gasteiger partial charge in [0.05, 0.1) is 35.9 Å². The van der Waals surface area contributed by atoms with Crippen molar-refractivity contribution >= 4 is 15.8 Å². The number of nitrogens with zero attached hydrogens (tertiary/aromatic N) is 2. The van der Waals surface area contributed by atoms with Gasteiger partial charge in [-0.2, -0.15) is 0 Å². The number of ether oxygens (including phenoxy) is 2. The van der Waals surface area contributed by atoms with Crippen LogP contribution in [0.2, 0.25) is 0 Å². The van der Waals surface area contributed by atoms with Gasteiger partial charge in [0.2, 0.25) is 10.0 Å². The molecule has 0 amide bonds. The number of carbonyl (C=O) groups excluding carboxylic acids is 1. The van der Waals surface area contributed by atoms with E-state index in [-0.39, 0.29) is 49.2 Å². The number of unbranched alkanes of at least 4 members (excludes halogenated alkanes) is 2.